The van der Waals surface area contributed by atoms with Crippen LogP contribution in [0.4, 0.5) is 0 Å². The van der Waals surface area contributed by atoms with E-state index < -0.39 is 28.0 Å². The van der Waals surface area contributed by atoms with Gasteiger partial charge in [-0.2, -0.15) is 4.72 Å². The second-order valence-electron chi connectivity index (χ2n) is 6.73. The van der Waals surface area contributed by atoms with Crippen LogP contribution in [0, 0.1) is 6.92 Å². The molecule has 0 aliphatic carbocycles. The highest BCUT2D eigenvalue weighted by molar-refractivity contribution is 7.89. The number of methoxy groups -OCH3 is 1. The molecule has 0 aliphatic heterocycles. The van der Waals surface area contributed by atoms with Crippen molar-refractivity contribution in [3.05, 3.63) is 102 Å². The topological polar surface area (TPSA) is 72.5 Å². The third kappa shape index (κ3) is 4.91. The summed E-state index contributed by atoms with van der Waals surface area (Å²) < 4.78 is 33.6. The molecule has 3 aromatic carbocycles. The quantitative estimate of drug-likeness (QED) is 0.605. The third-order valence-corrected chi connectivity index (χ3v) is 6.18. The van der Waals surface area contributed by atoms with E-state index in [0.29, 0.717) is 0 Å². The molecule has 29 heavy (non-hydrogen) atoms. The average molecular weight is 410 g/mol. The van der Waals surface area contributed by atoms with E-state index in [-0.39, 0.29) is 4.90 Å². The molecule has 1 atom stereocenters. The number of rotatable bonds is 7. The SMILES string of the molecule is COC(=O)[C@@H](NS(=O)(=O)c1ccc(C)cc1)C(c1ccccc1)c1ccccc1. The summed E-state index contributed by atoms with van der Waals surface area (Å²) in [7, 11) is -2.69. The van der Waals surface area contributed by atoms with Gasteiger partial charge in [0.25, 0.3) is 0 Å². The molecule has 0 bridgehead atoms. The lowest BCUT2D eigenvalue weighted by Crippen LogP contribution is -2.45. The summed E-state index contributed by atoms with van der Waals surface area (Å²) in [4.78, 5) is 12.8. The lowest BCUT2D eigenvalue weighted by atomic mass is 9.85. The Morgan fingerprint density at radius 3 is 1.76 bits per heavy atom. The lowest BCUT2D eigenvalue weighted by Gasteiger charge is -2.27. The van der Waals surface area contributed by atoms with Crippen molar-refractivity contribution in [3.63, 3.8) is 0 Å². The van der Waals surface area contributed by atoms with Gasteiger partial charge in [0, 0.05) is 5.92 Å². The van der Waals surface area contributed by atoms with Crippen LogP contribution in [-0.2, 0) is 19.6 Å². The molecule has 0 heterocycles. The molecule has 3 rings (SSSR count). The molecule has 0 aliphatic rings. The number of nitrogens with one attached hydrogen (secondary N) is 1. The molecule has 150 valence electrons. The minimum atomic E-state index is -3.94. The number of ether oxygens (including phenoxy) is 1. The number of carbonyl (C=O) groups excluding carboxylic acids is 1. The molecular formula is C23H23NO4S. The van der Waals surface area contributed by atoms with E-state index in [4.69, 9.17) is 4.74 Å². The maximum atomic E-state index is 13.0. The fourth-order valence-electron chi connectivity index (χ4n) is 3.23. The predicted octanol–water partition coefficient (Wildman–Crippen LogP) is 3.65. The number of carbonyl (C=O) groups is 1. The average Bonchev–Trinajstić information content (AvgIpc) is 2.74. The number of hydrogen-bond donors (Lipinski definition) is 1. The Balaban J connectivity index is 2.07. The summed E-state index contributed by atoms with van der Waals surface area (Å²) in [6.07, 6.45) is 0. The molecule has 0 radical (unpaired) electrons. The van der Waals surface area contributed by atoms with Crippen LogP contribution in [0.5, 0.6) is 0 Å². The van der Waals surface area contributed by atoms with Gasteiger partial charge in [-0.25, -0.2) is 8.42 Å². The molecule has 0 aromatic heterocycles. The zero-order valence-electron chi connectivity index (χ0n) is 16.3. The van der Waals surface area contributed by atoms with Crippen LogP contribution in [0.2, 0.25) is 0 Å². The first kappa shape index (κ1) is 20.8. The fraction of sp³-hybridized carbons (Fsp3) is 0.174. The normalized spacial score (nSPS) is 12.5. The lowest BCUT2D eigenvalue weighted by molar-refractivity contribution is -0.142. The first-order valence-corrected chi connectivity index (χ1v) is 10.7. The van der Waals surface area contributed by atoms with E-state index in [1.54, 1.807) is 12.1 Å². The Hall–Kier alpha value is -2.96. The summed E-state index contributed by atoms with van der Waals surface area (Å²) in [5, 5.41) is 0. The fourth-order valence-corrected chi connectivity index (χ4v) is 4.43. The van der Waals surface area contributed by atoms with E-state index >= 15 is 0 Å². The third-order valence-electron chi connectivity index (χ3n) is 4.72. The molecule has 0 fully saturated rings. The first-order chi connectivity index (χ1) is 13.9. The summed E-state index contributed by atoms with van der Waals surface area (Å²) in [5.74, 6) is -1.21. The van der Waals surface area contributed by atoms with E-state index in [1.165, 1.54) is 19.2 Å². The first-order valence-electron chi connectivity index (χ1n) is 9.19. The monoisotopic (exact) mass is 409 g/mol. The minimum Gasteiger partial charge on any atom is -0.468 e. The molecule has 6 heteroatoms. The zero-order valence-corrected chi connectivity index (χ0v) is 17.1. The van der Waals surface area contributed by atoms with Crippen LogP contribution in [0.15, 0.2) is 89.8 Å². The van der Waals surface area contributed by atoms with Crippen molar-refractivity contribution in [2.45, 2.75) is 23.8 Å². The Morgan fingerprint density at radius 1 is 0.828 bits per heavy atom. The predicted molar refractivity (Wildman–Crippen MR) is 112 cm³/mol. The highest BCUT2D eigenvalue weighted by Crippen LogP contribution is 2.30. The van der Waals surface area contributed by atoms with Gasteiger partial charge < -0.3 is 4.74 Å². The molecule has 0 amide bonds. The summed E-state index contributed by atoms with van der Waals surface area (Å²) in [6, 6.07) is 24.0. The zero-order chi connectivity index (χ0) is 20.9. The van der Waals surface area contributed by atoms with Crippen LogP contribution in [-0.4, -0.2) is 27.5 Å². The molecule has 0 saturated heterocycles. The van der Waals surface area contributed by atoms with Crippen LogP contribution < -0.4 is 4.72 Å². The van der Waals surface area contributed by atoms with Crippen molar-refractivity contribution in [1.29, 1.82) is 0 Å². The Morgan fingerprint density at radius 2 is 1.31 bits per heavy atom. The second kappa shape index (κ2) is 9.03. The summed E-state index contributed by atoms with van der Waals surface area (Å²) in [6.45, 7) is 1.88. The number of hydrogen-bond acceptors (Lipinski definition) is 4. The van der Waals surface area contributed by atoms with Crippen LogP contribution in [0.3, 0.4) is 0 Å². The molecular weight excluding hydrogens is 386 g/mol. The van der Waals surface area contributed by atoms with Gasteiger partial charge in [0.2, 0.25) is 10.0 Å². The van der Waals surface area contributed by atoms with Crippen LogP contribution >= 0.6 is 0 Å². The number of aryl methyl sites for hydroxylation is 1. The number of sulfonamides is 1. The molecule has 1 N–H and O–H groups in total. The smallest absolute Gasteiger partial charge is 0.324 e. The molecule has 5 nitrogen and oxygen atoms in total. The summed E-state index contributed by atoms with van der Waals surface area (Å²) in [5.41, 5.74) is 2.56. The second-order valence-corrected chi connectivity index (χ2v) is 8.45. The molecule has 0 saturated carbocycles. The maximum absolute atomic E-state index is 13.0. The summed E-state index contributed by atoms with van der Waals surface area (Å²) >= 11 is 0. The highest BCUT2D eigenvalue weighted by Gasteiger charge is 2.35. The van der Waals surface area contributed by atoms with Gasteiger partial charge in [-0.3, -0.25) is 4.79 Å². The van der Waals surface area contributed by atoms with E-state index in [0.717, 1.165) is 16.7 Å². The van der Waals surface area contributed by atoms with E-state index in [1.807, 2.05) is 67.6 Å². The maximum Gasteiger partial charge on any atom is 0.324 e. The van der Waals surface area contributed by atoms with Crippen molar-refractivity contribution in [1.82, 2.24) is 4.72 Å². The van der Waals surface area contributed by atoms with Crippen LogP contribution in [0.25, 0.3) is 0 Å². The Kier molecular flexibility index (Phi) is 6.46. The van der Waals surface area contributed by atoms with Crippen molar-refractivity contribution < 1.29 is 17.9 Å². The number of esters is 1. The van der Waals surface area contributed by atoms with Gasteiger partial charge in [0.15, 0.2) is 0 Å². The van der Waals surface area contributed by atoms with Gasteiger partial charge in [-0.15, -0.1) is 0 Å². The van der Waals surface area contributed by atoms with Crippen molar-refractivity contribution in [3.8, 4) is 0 Å². The largest absolute Gasteiger partial charge is 0.468 e. The van der Waals surface area contributed by atoms with E-state index in [9.17, 15) is 13.2 Å². The molecule has 0 spiro atoms. The minimum absolute atomic E-state index is 0.0943. The molecule has 3 aromatic rings. The van der Waals surface area contributed by atoms with Gasteiger partial charge in [0.05, 0.1) is 12.0 Å². The van der Waals surface area contributed by atoms with Crippen molar-refractivity contribution >= 4 is 16.0 Å². The Labute approximate surface area is 171 Å². The standard InChI is InChI=1S/C23H23NO4S/c1-17-13-15-20(16-14-17)29(26,27)24-22(23(25)28-2)21(18-9-5-3-6-10-18)19-11-7-4-8-12-19/h3-16,21-22,24H,1-2H3/t22-/m0/s1. The van der Waals surface area contributed by atoms with Crippen molar-refractivity contribution in [2.75, 3.05) is 7.11 Å². The number of benzene rings is 3. The molecule has 0 unspecified atom stereocenters. The van der Waals surface area contributed by atoms with Crippen LogP contribution in [0.1, 0.15) is 22.6 Å². The highest BCUT2D eigenvalue weighted by atomic mass is 32.2. The van der Waals surface area contributed by atoms with E-state index in [2.05, 4.69) is 4.72 Å². The van der Waals surface area contributed by atoms with Gasteiger partial charge in [-0.1, -0.05) is 78.4 Å². The van der Waals surface area contributed by atoms with Gasteiger partial charge in [0.1, 0.15) is 6.04 Å². The van der Waals surface area contributed by atoms with Gasteiger partial charge in [-0.05, 0) is 30.2 Å². The Bertz CT molecular complexity index is 1010. The van der Waals surface area contributed by atoms with Gasteiger partial charge >= 0.3 is 5.97 Å². The van der Waals surface area contributed by atoms with Crippen molar-refractivity contribution in [2.24, 2.45) is 0 Å².